The monoisotopic (exact) mass is 272 g/mol. The van der Waals surface area contributed by atoms with Crippen molar-refractivity contribution < 1.29 is 9.13 Å². The Hall–Kier alpha value is -2.10. The molecule has 1 aromatic heterocycles. The zero-order valence-electron chi connectivity index (χ0n) is 11.6. The largest absolute Gasteiger partial charge is 0.474 e. The molecule has 104 valence electrons. The maximum atomic E-state index is 12.9. The van der Waals surface area contributed by atoms with Crippen LogP contribution in [0.2, 0.25) is 0 Å². The topological polar surface area (TPSA) is 34.2 Å². The van der Waals surface area contributed by atoms with Crippen LogP contribution in [0.3, 0.4) is 0 Å². The Morgan fingerprint density at radius 2 is 2.10 bits per heavy atom. The fourth-order valence-electron chi connectivity index (χ4n) is 2.35. The van der Waals surface area contributed by atoms with Crippen LogP contribution in [0.4, 0.5) is 10.1 Å². The van der Waals surface area contributed by atoms with Gasteiger partial charge in [-0.15, -0.1) is 0 Å². The molecule has 0 bridgehead atoms. The molecule has 0 radical (unpaired) electrons. The molecular weight excluding hydrogens is 255 g/mol. The van der Waals surface area contributed by atoms with Crippen LogP contribution in [0.25, 0.3) is 0 Å². The Balaban J connectivity index is 1.89. The molecule has 1 aliphatic heterocycles. The fourth-order valence-corrected chi connectivity index (χ4v) is 2.35. The van der Waals surface area contributed by atoms with Crippen molar-refractivity contribution >= 4 is 5.69 Å². The number of halogens is 1. The van der Waals surface area contributed by atoms with Gasteiger partial charge in [0.2, 0.25) is 5.88 Å². The molecule has 2 heterocycles. The Kier molecular flexibility index (Phi) is 3.30. The summed E-state index contributed by atoms with van der Waals surface area (Å²) in [5.74, 6) is 0.460. The minimum Gasteiger partial charge on any atom is -0.474 e. The highest BCUT2D eigenvalue weighted by Gasteiger charge is 2.18. The van der Waals surface area contributed by atoms with E-state index in [-0.39, 0.29) is 11.9 Å². The predicted octanol–water partition coefficient (Wildman–Crippen LogP) is 3.31. The van der Waals surface area contributed by atoms with Crippen molar-refractivity contribution in [2.75, 3.05) is 11.9 Å². The number of nitrogens with zero attached hydrogens (tertiary/aromatic N) is 1. The van der Waals surface area contributed by atoms with E-state index in [0.717, 1.165) is 28.9 Å². The van der Waals surface area contributed by atoms with Crippen LogP contribution in [0.5, 0.6) is 5.88 Å². The number of anilines is 1. The summed E-state index contributed by atoms with van der Waals surface area (Å²) in [7, 11) is 0. The first-order valence-corrected chi connectivity index (χ1v) is 6.76. The van der Waals surface area contributed by atoms with E-state index in [4.69, 9.17) is 4.74 Å². The van der Waals surface area contributed by atoms with Crippen LogP contribution in [-0.4, -0.2) is 17.6 Å². The van der Waals surface area contributed by atoms with E-state index >= 15 is 0 Å². The molecule has 1 N–H and O–H groups in total. The lowest BCUT2D eigenvalue weighted by molar-refractivity contribution is 0.280. The van der Waals surface area contributed by atoms with Gasteiger partial charge in [0.15, 0.2) is 0 Å². The molecule has 20 heavy (non-hydrogen) atoms. The first-order valence-electron chi connectivity index (χ1n) is 6.76. The van der Waals surface area contributed by atoms with E-state index in [0.29, 0.717) is 12.5 Å². The third kappa shape index (κ3) is 2.59. The van der Waals surface area contributed by atoms with Crippen molar-refractivity contribution in [2.24, 2.45) is 0 Å². The molecule has 1 atom stereocenters. The van der Waals surface area contributed by atoms with E-state index in [1.165, 1.54) is 12.1 Å². The SMILES string of the molecule is Cc1nc2c(cc1Cc1ccc(F)cc1)N[C@@H](C)CO2. The number of nitrogens with one attached hydrogen (secondary N) is 1. The summed E-state index contributed by atoms with van der Waals surface area (Å²) in [5, 5.41) is 3.37. The Labute approximate surface area is 117 Å². The summed E-state index contributed by atoms with van der Waals surface area (Å²) in [6.07, 6.45) is 0.739. The minimum absolute atomic E-state index is 0.210. The third-order valence-electron chi connectivity index (χ3n) is 3.46. The highest BCUT2D eigenvalue weighted by molar-refractivity contribution is 5.57. The van der Waals surface area contributed by atoms with Gasteiger partial charge in [0, 0.05) is 5.69 Å². The number of aromatic nitrogens is 1. The first-order chi connectivity index (χ1) is 9.61. The molecule has 1 aliphatic rings. The van der Waals surface area contributed by atoms with E-state index in [9.17, 15) is 4.39 Å². The molecule has 3 rings (SSSR count). The zero-order chi connectivity index (χ0) is 14.1. The average molecular weight is 272 g/mol. The van der Waals surface area contributed by atoms with E-state index in [2.05, 4.69) is 23.3 Å². The molecule has 0 spiro atoms. The highest BCUT2D eigenvalue weighted by atomic mass is 19.1. The van der Waals surface area contributed by atoms with Gasteiger partial charge in [0.05, 0.1) is 11.7 Å². The molecule has 0 aliphatic carbocycles. The zero-order valence-corrected chi connectivity index (χ0v) is 11.6. The van der Waals surface area contributed by atoms with E-state index in [1.807, 2.05) is 6.92 Å². The smallest absolute Gasteiger partial charge is 0.237 e. The van der Waals surface area contributed by atoms with Gasteiger partial charge >= 0.3 is 0 Å². The van der Waals surface area contributed by atoms with Crippen LogP contribution >= 0.6 is 0 Å². The molecule has 2 aromatic rings. The Bertz CT molecular complexity index is 625. The molecule has 4 heteroatoms. The summed E-state index contributed by atoms with van der Waals surface area (Å²) < 4.78 is 18.5. The summed E-state index contributed by atoms with van der Waals surface area (Å²) in [6, 6.07) is 8.95. The summed E-state index contributed by atoms with van der Waals surface area (Å²) in [5.41, 5.74) is 4.08. The van der Waals surface area contributed by atoms with Crippen LogP contribution < -0.4 is 10.1 Å². The quantitative estimate of drug-likeness (QED) is 0.910. The Morgan fingerprint density at radius 1 is 1.35 bits per heavy atom. The molecule has 0 unspecified atom stereocenters. The summed E-state index contributed by atoms with van der Waals surface area (Å²) in [6.45, 7) is 4.68. The fraction of sp³-hybridized carbons (Fsp3) is 0.312. The van der Waals surface area contributed by atoms with Gasteiger partial charge in [-0.3, -0.25) is 0 Å². The minimum atomic E-state index is -0.210. The average Bonchev–Trinajstić information content (AvgIpc) is 2.42. The van der Waals surface area contributed by atoms with Gasteiger partial charge in [0.25, 0.3) is 0 Å². The van der Waals surface area contributed by atoms with Crippen LogP contribution in [0, 0.1) is 12.7 Å². The van der Waals surface area contributed by atoms with Gasteiger partial charge < -0.3 is 10.1 Å². The normalized spacial score (nSPS) is 17.1. The van der Waals surface area contributed by atoms with Crippen LogP contribution in [-0.2, 0) is 6.42 Å². The maximum absolute atomic E-state index is 12.9. The number of pyridine rings is 1. The molecule has 3 nitrogen and oxygen atoms in total. The van der Waals surface area contributed by atoms with Crippen LogP contribution in [0.1, 0.15) is 23.7 Å². The first kappa shape index (κ1) is 12.9. The van der Waals surface area contributed by atoms with Crippen molar-refractivity contribution in [3.8, 4) is 5.88 Å². The van der Waals surface area contributed by atoms with Gasteiger partial charge in [0.1, 0.15) is 12.4 Å². The Morgan fingerprint density at radius 3 is 2.85 bits per heavy atom. The predicted molar refractivity (Wildman–Crippen MR) is 76.8 cm³/mol. The molecule has 1 aromatic carbocycles. The molecule has 0 amide bonds. The molecular formula is C16H17FN2O. The molecule has 0 saturated heterocycles. The maximum Gasteiger partial charge on any atom is 0.237 e. The van der Waals surface area contributed by atoms with Gasteiger partial charge in [-0.2, -0.15) is 0 Å². The molecule has 0 fully saturated rings. The van der Waals surface area contributed by atoms with E-state index < -0.39 is 0 Å². The van der Waals surface area contributed by atoms with E-state index in [1.54, 1.807) is 12.1 Å². The van der Waals surface area contributed by atoms with Crippen molar-refractivity contribution in [1.82, 2.24) is 4.98 Å². The van der Waals surface area contributed by atoms with Crippen molar-refractivity contribution in [2.45, 2.75) is 26.3 Å². The third-order valence-corrected chi connectivity index (χ3v) is 3.46. The number of hydrogen-bond donors (Lipinski definition) is 1. The van der Waals surface area contributed by atoms with Crippen molar-refractivity contribution in [3.63, 3.8) is 0 Å². The van der Waals surface area contributed by atoms with Crippen molar-refractivity contribution in [1.29, 1.82) is 0 Å². The summed E-state index contributed by atoms with van der Waals surface area (Å²) in [4.78, 5) is 4.50. The number of ether oxygens (including phenoxy) is 1. The summed E-state index contributed by atoms with van der Waals surface area (Å²) >= 11 is 0. The van der Waals surface area contributed by atoms with Crippen LogP contribution in [0.15, 0.2) is 30.3 Å². The molecule has 0 saturated carbocycles. The number of aryl methyl sites for hydroxylation is 1. The van der Waals surface area contributed by atoms with Gasteiger partial charge in [-0.05, 0) is 49.6 Å². The van der Waals surface area contributed by atoms with Gasteiger partial charge in [-0.1, -0.05) is 12.1 Å². The standard InChI is InChI=1S/C16H17FN2O/c1-10-9-20-16-15(18-10)8-13(11(2)19-16)7-12-3-5-14(17)6-4-12/h3-6,8,10,18H,7,9H2,1-2H3/t10-/m0/s1. The second kappa shape index (κ2) is 5.12. The highest BCUT2D eigenvalue weighted by Crippen LogP contribution is 2.29. The number of hydrogen-bond acceptors (Lipinski definition) is 3. The number of fused-ring (bicyclic) bond motifs is 1. The lowest BCUT2D eigenvalue weighted by atomic mass is 10.0. The van der Waals surface area contributed by atoms with Crippen molar-refractivity contribution in [3.05, 3.63) is 53.0 Å². The number of rotatable bonds is 2. The number of benzene rings is 1. The lowest BCUT2D eigenvalue weighted by Crippen LogP contribution is -2.29. The second-order valence-electron chi connectivity index (χ2n) is 5.25. The van der Waals surface area contributed by atoms with Gasteiger partial charge in [-0.25, -0.2) is 9.37 Å². The lowest BCUT2D eigenvalue weighted by Gasteiger charge is -2.25. The second-order valence-corrected chi connectivity index (χ2v) is 5.25.